The van der Waals surface area contributed by atoms with E-state index in [1.807, 2.05) is 32.0 Å². The minimum atomic E-state index is -0.433. The topological polar surface area (TPSA) is 106 Å². The van der Waals surface area contributed by atoms with Gasteiger partial charge in [0.15, 0.2) is 5.82 Å². The molecule has 4 N–H and O–H groups in total. The van der Waals surface area contributed by atoms with E-state index in [0.717, 1.165) is 29.1 Å². The number of amides is 1. The Kier molecular flexibility index (Phi) is 5.93. The van der Waals surface area contributed by atoms with Crippen molar-refractivity contribution in [1.29, 1.82) is 0 Å². The number of nitrogens with two attached hydrogens (primary N) is 1. The molecule has 1 fully saturated rings. The Balaban J connectivity index is 0.00000208. The first-order valence-corrected chi connectivity index (χ1v) is 7.73. The summed E-state index contributed by atoms with van der Waals surface area (Å²) in [6.07, 6.45) is 1.07. The number of anilines is 1. The Morgan fingerprint density at radius 3 is 2.83 bits per heavy atom. The Hall–Kier alpha value is -1.96. The van der Waals surface area contributed by atoms with Gasteiger partial charge in [0.1, 0.15) is 11.9 Å². The number of aryl methyl sites for hydroxylation is 2. The standard InChI is InChI=1S/C16H21N5O2.ClH/c1-9-3-4-11(15-18-10(2)20-21-15)7-13(9)19-16(22)14-6-5-12(8-17)23-14;/h3-4,7,12,14H,5-6,8,17H2,1-2H3,(H,19,22)(H,18,20,21);1H/t12-,14+;/m1./s1. The number of ether oxygens (including phenoxy) is 1. The minimum absolute atomic E-state index is 0. The number of halogens is 1. The van der Waals surface area contributed by atoms with Crippen molar-refractivity contribution in [3.05, 3.63) is 29.6 Å². The van der Waals surface area contributed by atoms with Crippen molar-refractivity contribution in [2.75, 3.05) is 11.9 Å². The van der Waals surface area contributed by atoms with Gasteiger partial charge in [0.05, 0.1) is 6.10 Å². The van der Waals surface area contributed by atoms with Crippen LogP contribution >= 0.6 is 12.4 Å². The van der Waals surface area contributed by atoms with E-state index in [0.29, 0.717) is 18.8 Å². The van der Waals surface area contributed by atoms with Crippen molar-refractivity contribution in [2.24, 2.45) is 5.73 Å². The first-order chi connectivity index (χ1) is 11.1. The average molecular weight is 352 g/mol. The molecule has 1 amide bonds. The maximum absolute atomic E-state index is 12.4. The number of aromatic nitrogens is 3. The van der Waals surface area contributed by atoms with Crippen molar-refractivity contribution in [2.45, 2.75) is 38.9 Å². The predicted octanol–water partition coefficient (Wildman–Crippen LogP) is 1.96. The van der Waals surface area contributed by atoms with Gasteiger partial charge in [0.25, 0.3) is 5.91 Å². The molecular weight excluding hydrogens is 330 g/mol. The Morgan fingerprint density at radius 1 is 1.42 bits per heavy atom. The molecule has 1 aromatic heterocycles. The Morgan fingerprint density at radius 2 is 2.21 bits per heavy atom. The zero-order valence-electron chi connectivity index (χ0n) is 13.7. The summed E-state index contributed by atoms with van der Waals surface area (Å²) >= 11 is 0. The summed E-state index contributed by atoms with van der Waals surface area (Å²) < 4.78 is 5.64. The van der Waals surface area contributed by atoms with Crippen LogP contribution in [-0.2, 0) is 9.53 Å². The third kappa shape index (κ3) is 3.92. The van der Waals surface area contributed by atoms with Gasteiger partial charge in [-0.25, -0.2) is 4.98 Å². The van der Waals surface area contributed by atoms with Gasteiger partial charge in [0, 0.05) is 17.8 Å². The van der Waals surface area contributed by atoms with E-state index in [2.05, 4.69) is 20.5 Å². The van der Waals surface area contributed by atoms with Crippen LogP contribution in [0.15, 0.2) is 18.2 Å². The second-order valence-corrected chi connectivity index (χ2v) is 5.82. The molecule has 0 radical (unpaired) electrons. The average Bonchev–Trinajstić information content (AvgIpc) is 3.18. The Labute approximate surface area is 146 Å². The van der Waals surface area contributed by atoms with Gasteiger partial charge in [-0.05, 0) is 38.3 Å². The van der Waals surface area contributed by atoms with Crippen molar-refractivity contribution >= 4 is 24.0 Å². The number of hydrogen-bond acceptors (Lipinski definition) is 5. The zero-order valence-corrected chi connectivity index (χ0v) is 14.5. The van der Waals surface area contributed by atoms with Gasteiger partial charge in [-0.3, -0.25) is 9.89 Å². The number of H-pyrrole nitrogens is 1. The van der Waals surface area contributed by atoms with E-state index in [1.54, 1.807) is 0 Å². The SMILES string of the molecule is Cc1nc(-c2ccc(C)c(NC(=O)[C@@H]3CC[C@H](CN)O3)c2)n[nH]1.Cl. The summed E-state index contributed by atoms with van der Waals surface area (Å²) in [5, 5.41) is 9.91. The molecule has 2 aromatic rings. The first-order valence-electron chi connectivity index (χ1n) is 7.73. The van der Waals surface area contributed by atoms with Gasteiger partial charge < -0.3 is 15.8 Å². The fourth-order valence-corrected chi connectivity index (χ4v) is 2.65. The van der Waals surface area contributed by atoms with Gasteiger partial charge >= 0.3 is 0 Å². The molecule has 2 heterocycles. The second kappa shape index (κ2) is 7.74. The van der Waals surface area contributed by atoms with Crippen LogP contribution < -0.4 is 11.1 Å². The quantitative estimate of drug-likeness (QED) is 0.780. The third-order valence-corrected chi connectivity index (χ3v) is 4.01. The highest BCUT2D eigenvalue weighted by Crippen LogP contribution is 2.25. The van der Waals surface area contributed by atoms with Crippen LogP contribution in [-0.4, -0.2) is 39.8 Å². The fraction of sp³-hybridized carbons (Fsp3) is 0.438. The summed E-state index contributed by atoms with van der Waals surface area (Å²) in [6, 6.07) is 5.75. The number of rotatable bonds is 4. The molecule has 8 heteroatoms. The highest BCUT2D eigenvalue weighted by Gasteiger charge is 2.30. The molecule has 130 valence electrons. The summed E-state index contributed by atoms with van der Waals surface area (Å²) in [7, 11) is 0. The molecule has 1 aromatic carbocycles. The van der Waals surface area contributed by atoms with E-state index >= 15 is 0 Å². The molecular formula is C16H22ClN5O2. The number of benzene rings is 1. The zero-order chi connectivity index (χ0) is 16.4. The lowest BCUT2D eigenvalue weighted by Gasteiger charge is -2.14. The van der Waals surface area contributed by atoms with Crippen LogP contribution in [0.1, 0.15) is 24.2 Å². The van der Waals surface area contributed by atoms with Crippen molar-refractivity contribution < 1.29 is 9.53 Å². The molecule has 2 atom stereocenters. The monoisotopic (exact) mass is 351 g/mol. The van der Waals surface area contributed by atoms with Crippen LogP contribution in [0, 0.1) is 13.8 Å². The number of nitrogens with zero attached hydrogens (tertiary/aromatic N) is 2. The van der Waals surface area contributed by atoms with Crippen molar-refractivity contribution in [1.82, 2.24) is 15.2 Å². The maximum atomic E-state index is 12.4. The van der Waals surface area contributed by atoms with Gasteiger partial charge in [-0.2, -0.15) is 5.10 Å². The van der Waals surface area contributed by atoms with E-state index in [9.17, 15) is 4.79 Å². The summed E-state index contributed by atoms with van der Waals surface area (Å²) in [5.41, 5.74) is 8.15. The number of hydrogen-bond donors (Lipinski definition) is 3. The van der Waals surface area contributed by atoms with Crippen LogP contribution in [0.5, 0.6) is 0 Å². The number of carbonyl (C=O) groups excluding carboxylic acids is 1. The van der Waals surface area contributed by atoms with Gasteiger partial charge in [-0.1, -0.05) is 12.1 Å². The normalized spacial score (nSPS) is 19.8. The highest BCUT2D eigenvalue weighted by atomic mass is 35.5. The first kappa shape index (κ1) is 18.4. The maximum Gasteiger partial charge on any atom is 0.253 e. The van der Waals surface area contributed by atoms with E-state index < -0.39 is 6.10 Å². The molecule has 1 saturated heterocycles. The molecule has 7 nitrogen and oxygen atoms in total. The smallest absolute Gasteiger partial charge is 0.253 e. The van der Waals surface area contributed by atoms with Gasteiger partial charge in [0.2, 0.25) is 0 Å². The largest absolute Gasteiger partial charge is 0.364 e. The van der Waals surface area contributed by atoms with E-state index in [1.165, 1.54) is 0 Å². The molecule has 0 spiro atoms. The summed E-state index contributed by atoms with van der Waals surface area (Å²) in [6.45, 7) is 4.24. The van der Waals surface area contributed by atoms with Crippen LogP contribution in [0.2, 0.25) is 0 Å². The molecule has 0 aliphatic carbocycles. The lowest BCUT2D eigenvalue weighted by atomic mass is 10.1. The lowest BCUT2D eigenvalue weighted by molar-refractivity contribution is -0.126. The molecule has 0 saturated carbocycles. The molecule has 0 bridgehead atoms. The van der Waals surface area contributed by atoms with Crippen molar-refractivity contribution in [3.63, 3.8) is 0 Å². The number of aromatic amines is 1. The minimum Gasteiger partial charge on any atom is -0.364 e. The van der Waals surface area contributed by atoms with Gasteiger partial charge in [-0.15, -0.1) is 12.4 Å². The summed E-state index contributed by atoms with van der Waals surface area (Å²) in [4.78, 5) is 16.7. The molecule has 1 aliphatic heterocycles. The van der Waals surface area contributed by atoms with Crippen molar-refractivity contribution in [3.8, 4) is 11.4 Å². The molecule has 3 rings (SSSR count). The van der Waals surface area contributed by atoms with E-state index in [-0.39, 0.29) is 24.4 Å². The lowest BCUT2D eigenvalue weighted by Crippen LogP contribution is -2.30. The summed E-state index contributed by atoms with van der Waals surface area (Å²) in [5.74, 6) is 1.23. The third-order valence-electron chi connectivity index (χ3n) is 4.01. The highest BCUT2D eigenvalue weighted by molar-refractivity contribution is 5.95. The Bertz CT molecular complexity index is 718. The predicted molar refractivity (Wildman–Crippen MR) is 94.1 cm³/mol. The molecule has 1 aliphatic rings. The molecule has 24 heavy (non-hydrogen) atoms. The molecule has 0 unspecified atom stereocenters. The number of nitrogens with one attached hydrogen (secondary N) is 2. The fourth-order valence-electron chi connectivity index (χ4n) is 2.65. The van der Waals surface area contributed by atoms with Crippen LogP contribution in [0.25, 0.3) is 11.4 Å². The second-order valence-electron chi connectivity index (χ2n) is 5.82. The number of carbonyl (C=O) groups is 1. The van der Waals surface area contributed by atoms with Crippen LogP contribution in [0.4, 0.5) is 5.69 Å². The van der Waals surface area contributed by atoms with Crippen LogP contribution in [0.3, 0.4) is 0 Å². The van der Waals surface area contributed by atoms with E-state index in [4.69, 9.17) is 10.5 Å².